The molecule has 1 aliphatic rings. The third-order valence-electron chi connectivity index (χ3n) is 4.61. The highest BCUT2D eigenvalue weighted by molar-refractivity contribution is 5.80. The quantitative estimate of drug-likeness (QED) is 0.779. The number of carbonyl (C=O) groups excluding carboxylic acids is 2. The molecule has 0 saturated carbocycles. The summed E-state index contributed by atoms with van der Waals surface area (Å²) in [6.45, 7) is 6.68. The van der Waals surface area contributed by atoms with E-state index in [0.717, 1.165) is 18.5 Å². The molecule has 0 bridgehead atoms. The van der Waals surface area contributed by atoms with E-state index in [0.29, 0.717) is 43.5 Å². The number of ether oxygens (including phenoxy) is 2. The lowest BCUT2D eigenvalue weighted by Gasteiger charge is -2.23. The highest BCUT2D eigenvalue weighted by Gasteiger charge is 2.23. The highest BCUT2D eigenvalue weighted by Crippen LogP contribution is 2.25. The largest absolute Gasteiger partial charge is 0.497 e. The van der Waals surface area contributed by atoms with Crippen LogP contribution in [-0.4, -0.2) is 62.0 Å². The maximum Gasteiger partial charge on any atom is 0.227 e. The van der Waals surface area contributed by atoms with E-state index in [9.17, 15) is 9.59 Å². The van der Waals surface area contributed by atoms with Crippen molar-refractivity contribution in [1.29, 1.82) is 0 Å². The van der Waals surface area contributed by atoms with Gasteiger partial charge in [0.25, 0.3) is 0 Å². The van der Waals surface area contributed by atoms with Gasteiger partial charge in [-0.3, -0.25) is 9.59 Å². The molecule has 0 radical (unpaired) electrons. The van der Waals surface area contributed by atoms with Crippen molar-refractivity contribution in [1.82, 2.24) is 9.80 Å². The molecule has 1 saturated heterocycles. The van der Waals surface area contributed by atoms with Crippen LogP contribution in [0.15, 0.2) is 18.2 Å². The van der Waals surface area contributed by atoms with E-state index in [4.69, 9.17) is 9.47 Å². The number of methoxy groups -OCH3 is 2. The Balaban J connectivity index is 1.99. The van der Waals surface area contributed by atoms with Crippen LogP contribution in [0, 0.1) is 5.92 Å². The summed E-state index contributed by atoms with van der Waals surface area (Å²) < 4.78 is 10.6. The molecule has 0 atom stereocenters. The minimum absolute atomic E-state index is 0.0507. The highest BCUT2D eigenvalue weighted by atomic mass is 16.5. The summed E-state index contributed by atoms with van der Waals surface area (Å²) in [5.41, 5.74) is 0.814. The summed E-state index contributed by atoms with van der Waals surface area (Å²) in [5, 5.41) is 0. The van der Waals surface area contributed by atoms with E-state index in [1.807, 2.05) is 41.8 Å². The second-order valence-corrected chi connectivity index (χ2v) is 7.07. The molecule has 0 spiro atoms. The van der Waals surface area contributed by atoms with Crippen molar-refractivity contribution in [2.24, 2.45) is 5.92 Å². The molecule has 1 fully saturated rings. The Kier molecular flexibility index (Phi) is 7.30. The van der Waals surface area contributed by atoms with Gasteiger partial charge >= 0.3 is 0 Å². The van der Waals surface area contributed by atoms with Crippen LogP contribution in [-0.2, 0) is 16.0 Å². The average Bonchev–Trinajstić information content (AvgIpc) is 2.87. The second-order valence-electron chi connectivity index (χ2n) is 7.07. The van der Waals surface area contributed by atoms with Gasteiger partial charge < -0.3 is 19.3 Å². The fourth-order valence-electron chi connectivity index (χ4n) is 3.19. The number of hydrogen-bond acceptors (Lipinski definition) is 4. The Bertz CT molecular complexity index is 630. The SMILES string of the molecule is COc1ccc(OC)c(CC(=O)N2CCCN(C(=O)CC(C)C)CC2)c1. The molecule has 0 aliphatic carbocycles. The molecule has 6 nitrogen and oxygen atoms in total. The van der Waals surface area contributed by atoms with Crippen molar-refractivity contribution >= 4 is 11.8 Å². The van der Waals surface area contributed by atoms with E-state index in [1.54, 1.807) is 14.2 Å². The lowest BCUT2D eigenvalue weighted by atomic mass is 10.1. The van der Waals surface area contributed by atoms with Crippen LogP contribution in [0.4, 0.5) is 0 Å². The normalized spacial score (nSPS) is 15.0. The van der Waals surface area contributed by atoms with E-state index in [1.165, 1.54) is 0 Å². The van der Waals surface area contributed by atoms with Crippen LogP contribution in [0.1, 0.15) is 32.3 Å². The Morgan fingerprint density at radius 3 is 2.23 bits per heavy atom. The van der Waals surface area contributed by atoms with Crippen molar-refractivity contribution in [2.75, 3.05) is 40.4 Å². The third kappa shape index (κ3) is 5.38. The van der Waals surface area contributed by atoms with Gasteiger partial charge in [0.1, 0.15) is 11.5 Å². The van der Waals surface area contributed by atoms with Gasteiger partial charge in [0, 0.05) is 38.2 Å². The molecule has 1 aliphatic heterocycles. The van der Waals surface area contributed by atoms with Gasteiger partial charge in [-0.05, 0) is 30.5 Å². The van der Waals surface area contributed by atoms with E-state index in [2.05, 4.69) is 0 Å². The first-order valence-electron chi connectivity index (χ1n) is 9.21. The lowest BCUT2D eigenvalue weighted by Crippen LogP contribution is -2.38. The number of amides is 2. The fourth-order valence-corrected chi connectivity index (χ4v) is 3.19. The molecule has 2 amide bonds. The van der Waals surface area contributed by atoms with Crippen LogP contribution >= 0.6 is 0 Å². The monoisotopic (exact) mass is 362 g/mol. The Morgan fingerprint density at radius 1 is 1.00 bits per heavy atom. The molecule has 26 heavy (non-hydrogen) atoms. The number of hydrogen-bond donors (Lipinski definition) is 0. The van der Waals surface area contributed by atoms with Crippen molar-refractivity contribution in [3.05, 3.63) is 23.8 Å². The van der Waals surface area contributed by atoms with Crippen molar-refractivity contribution in [2.45, 2.75) is 33.1 Å². The zero-order valence-corrected chi connectivity index (χ0v) is 16.3. The number of carbonyl (C=O) groups is 2. The van der Waals surface area contributed by atoms with E-state index < -0.39 is 0 Å². The third-order valence-corrected chi connectivity index (χ3v) is 4.61. The molecule has 0 N–H and O–H groups in total. The predicted molar refractivity (Wildman–Crippen MR) is 100 cm³/mol. The summed E-state index contributed by atoms with van der Waals surface area (Å²) in [4.78, 5) is 28.8. The molecule has 1 aromatic rings. The zero-order valence-electron chi connectivity index (χ0n) is 16.3. The molecule has 1 aromatic carbocycles. The first-order chi connectivity index (χ1) is 12.4. The van der Waals surface area contributed by atoms with Gasteiger partial charge in [-0.1, -0.05) is 13.8 Å². The summed E-state index contributed by atoms with van der Waals surface area (Å²) in [6, 6.07) is 5.47. The number of nitrogens with zero attached hydrogens (tertiary/aromatic N) is 2. The van der Waals surface area contributed by atoms with Crippen LogP contribution in [0.25, 0.3) is 0 Å². The molecule has 144 valence electrons. The summed E-state index contributed by atoms with van der Waals surface area (Å²) in [7, 11) is 3.20. The van der Waals surface area contributed by atoms with E-state index in [-0.39, 0.29) is 18.2 Å². The average molecular weight is 362 g/mol. The smallest absolute Gasteiger partial charge is 0.227 e. The predicted octanol–water partition coefficient (Wildman–Crippen LogP) is 2.35. The van der Waals surface area contributed by atoms with Gasteiger partial charge in [-0.2, -0.15) is 0 Å². The molecular formula is C20H30N2O4. The van der Waals surface area contributed by atoms with Crippen molar-refractivity contribution < 1.29 is 19.1 Å². The van der Waals surface area contributed by atoms with Gasteiger partial charge in [-0.15, -0.1) is 0 Å². The van der Waals surface area contributed by atoms with Crippen LogP contribution in [0.2, 0.25) is 0 Å². The van der Waals surface area contributed by atoms with Crippen LogP contribution in [0.5, 0.6) is 11.5 Å². The topological polar surface area (TPSA) is 59.1 Å². The number of benzene rings is 1. The Hall–Kier alpha value is -2.24. The molecule has 1 heterocycles. The van der Waals surface area contributed by atoms with E-state index >= 15 is 0 Å². The summed E-state index contributed by atoms with van der Waals surface area (Å²) in [6.07, 6.45) is 1.64. The molecule has 2 rings (SSSR count). The minimum Gasteiger partial charge on any atom is -0.497 e. The second kappa shape index (κ2) is 9.46. The number of rotatable bonds is 6. The maximum atomic E-state index is 12.8. The van der Waals surface area contributed by atoms with Crippen LogP contribution in [0.3, 0.4) is 0 Å². The maximum absolute atomic E-state index is 12.8. The first-order valence-corrected chi connectivity index (χ1v) is 9.21. The Morgan fingerprint density at radius 2 is 1.65 bits per heavy atom. The molecule has 0 aromatic heterocycles. The van der Waals surface area contributed by atoms with Gasteiger partial charge in [0.05, 0.1) is 20.6 Å². The van der Waals surface area contributed by atoms with Crippen molar-refractivity contribution in [3.63, 3.8) is 0 Å². The van der Waals surface area contributed by atoms with Crippen molar-refractivity contribution in [3.8, 4) is 11.5 Å². The van der Waals surface area contributed by atoms with Gasteiger partial charge in [0.15, 0.2) is 0 Å². The minimum atomic E-state index is 0.0507. The summed E-state index contributed by atoms with van der Waals surface area (Å²) in [5.74, 6) is 1.97. The molecule has 0 unspecified atom stereocenters. The van der Waals surface area contributed by atoms with Gasteiger partial charge in [0.2, 0.25) is 11.8 Å². The van der Waals surface area contributed by atoms with Crippen LogP contribution < -0.4 is 9.47 Å². The van der Waals surface area contributed by atoms with Gasteiger partial charge in [-0.25, -0.2) is 0 Å². The first kappa shape index (κ1) is 20.1. The summed E-state index contributed by atoms with van der Waals surface area (Å²) >= 11 is 0. The Labute approximate surface area is 156 Å². The zero-order chi connectivity index (χ0) is 19.1. The lowest BCUT2D eigenvalue weighted by molar-refractivity contribution is -0.133. The molecule has 6 heteroatoms. The fraction of sp³-hybridized carbons (Fsp3) is 0.600. The standard InChI is InChI=1S/C20H30N2O4/c1-15(2)12-19(23)21-8-5-9-22(11-10-21)20(24)14-16-13-17(25-3)6-7-18(16)26-4/h6-7,13,15H,5,8-12,14H2,1-4H3. The molecular weight excluding hydrogens is 332 g/mol.